The summed E-state index contributed by atoms with van der Waals surface area (Å²) < 4.78 is 19.5. The van der Waals surface area contributed by atoms with Crippen molar-refractivity contribution in [1.82, 2.24) is 19.7 Å². The van der Waals surface area contributed by atoms with Crippen molar-refractivity contribution in [3.63, 3.8) is 0 Å². The first-order chi connectivity index (χ1) is 15.0. The number of carbonyl (C=O) groups excluding carboxylic acids is 1. The van der Waals surface area contributed by atoms with E-state index in [0.29, 0.717) is 36.4 Å². The normalized spacial score (nSPS) is 18.7. The van der Waals surface area contributed by atoms with Gasteiger partial charge < -0.3 is 20.3 Å². The molecule has 0 radical (unpaired) electrons. The molecule has 3 heterocycles. The number of hydrogen-bond acceptors (Lipinski definition) is 6. The molecule has 0 spiro atoms. The minimum absolute atomic E-state index is 0.0581. The zero-order chi connectivity index (χ0) is 21.8. The molecule has 31 heavy (non-hydrogen) atoms. The molecule has 2 aliphatic heterocycles. The van der Waals surface area contributed by atoms with Crippen molar-refractivity contribution in [1.29, 1.82) is 0 Å². The van der Waals surface area contributed by atoms with E-state index in [1.165, 1.54) is 31.2 Å². The van der Waals surface area contributed by atoms with Crippen molar-refractivity contribution in [2.24, 2.45) is 0 Å². The Morgan fingerprint density at radius 1 is 1.13 bits per heavy atom. The van der Waals surface area contributed by atoms with Crippen molar-refractivity contribution in [2.75, 3.05) is 57.4 Å². The zero-order valence-electron chi connectivity index (χ0n) is 17.8. The molecule has 9 heteroatoms. The standard InChI is InChI=1S/C22H29FN6O2/c1-27-8-5-17(6-9-27)28-10-12-29(13-11-28)22(30)26-21-15-18(4-7-25-21)31-20-3-2-16(24)14-19(20)23/h2-4,7,14-15,17H,5-6,8-13,24H2,1H3,(H,25,26,30). The largest absolute Gasteiger partial charge is 0.454 e. The van der Waals surface area contributed by atoms with E-state index in [2.05, 4.69) is 27.1 Å². The number of pyridine rings is 1. The number of nitrogens with one attached hydrogen (secondary N) is 1. The van der Waals surface area contributed by atoms with Gasteiger partial charge in [-0.3, -0.25) is 10.2 Å². The molecule has 1 aromatic heterocycles. The Kier molecular flexibility index (Phi) is 6.53. The van der Waals surface area contributed by atoms with Gasteiger partial charge in [0, 0.05) is 56.2 Å². The fourth-order valence-electron chi connectivity index (χ4n) is 4.11. The van der Waals surface area contributed by atoms with Crippen LogP contribution in [0.1, 0.15) is 12.8 Å². The monoisotopic (exact) mass is 428 g/mol. The molecule has 2 aliphatic rings. The average Bonchev–Trinajstić information content (AvgIpc) is 2.77. The van der Waals surface area contributed by atoms with Crippen LogP contribution in [-0.4, -0.2) is 78.1 Å². The Morgan fingerprint density at radius 2 is 1.87 bits per heavy atom. The number of nitrogen functional groups attached to an aromatic ring is 1. The molecule has 2 amide bonds. The van der Waals surface area contributed by atoms with Crippen LogP contribution in [0.5, 0.6) is 11.5 Å². The molecule has 3 N–H and O–H groups in total. The number of aromatic nitrogens is 1. The fraction of sp³-hybridized carbons (Fsp3) is 0.455. The highest BCUT2D eigenvalue weighted by atomic mass is 19.1. The number of ether oxygens (including phenoxy) is 1. The third-order valence-electron chi connectivity index (χ3n) is 5.96. The van der Waals surface area contributed by atoms with E-state index in [0.717, 1.165) is 26.2 Å². The molecule has 0 aliphatic carbocycles. The van der Waals surface area contributed by atoms with Gasteiger partial charge in [0.15, 0.2) is 11.6 Å². The SMILES string of the molecule is CN1CCC(N2CCN(C(=O)Nc3cc(Oc4ccc(N)cc4F)ccn3)CC2)CC1. The number of benzene rings is 1. The van der Waals surface area contributed by atoms with Crippen molar-refractivity contribution in [3.05, 3.63) is 42.3 Å². The number of halogens is 1. The van der Waals surface area contributed by atoms with Gasteiger partial charge in [-0.05, 0) is 51.2 Å². The molecule has 2 aromatic rings. The molecule has 0 unspecified atom stereocenters. The number of piperazine rings is 1. The van der Waals surface area contributed by atoms with Crippen LogP contribution in [0, 0.1) is 5.82 Å². The van der Waals surface area contributed by atoms with Gasteiger partial charge >= 0.3 is 6.03 Å². The molecule has 2 fully saturated rings. The smallest absolute Gasteiger partial charge is 0.323 e. The van der Waals surface area contributed by atoms with Crippen LogP contribution >= 0.6 is 0 Å². The Bertz CT molecular complexity index is 911. The summed E-state index contributed by atoms with van der Waals surface area (Å²) in [4.78, 5) is 23.5. The van der Waals surface area contributed by atoms with Gasteiger partial charge in [0.05, 0.1) is 0 Å². The summed E-state index contributed by atoms with van der Waals surface area (Å²) in [6.07, 6.45) is 3.89. The number of rotatable bonds is 4. The summed E-state index contributed by atoms with van der Waals surface area (Å²) in [5.74, 6) is 0.241. The minimum atomic E-state index is -0.551. The van der Waals surface area contributed by atoms with Crippen molar-refractivity contribution in [2.45, 2.75) is 18.9 Å². The van der Waals surface area contributed by atoms with Gasteiger partial charge in [-0.15, -0.1) is 0 Å². The maximum Gasteiger partial charge on any atom is 0.323 e. The molecule has 0 atom stereocenters. The Labute approximate surface area is 181 Å². The van der Waals surface area contributed by atoms with Gasteiger partial charge in [-0.25, -0.2) is 14.2 Å². The predicted molar refractivity (Wildman–Crippen MR) is 118 cm³/mol. The number of piperidine rings is 1. The van der Waals surface area contributed by atoms with Gasteiger partial charge in [-0.1, -0.05) is 0 Å². The van der Waals surface area contributed by atoms with E-state index >= 15 is 0 Å². The van der Waals surface area contributed by atoms with Gasteiger partial charge in [0.2, 0.25) is 0 Å². The lowest BCUT2D eigenvalue weighted by Gasteiger charge is -2.42. The van der Waals surface area contributed by atoms with Crippen LogP contribution in [0.15, 0.2) is 36.5 Å². The maximum absolute atomic E-state index is 14.0. The van der Waals surface area contributed by atoms with E-state index in [1.807, 2.05) is 0 Å². The first kappa shape index (κ1) is 21.3. The first-order valence-electron chi connectivity index (χ1n) is 10.7. The number of urea groups is 1. The second-order valence-corrected chi connectivity index (χ2v) is 8.16. The van der Waals surface area contributed by atoms with Crippen LogP contribution in [0.3, 0.4) is 0 Å². The maximum atomic E-state index is 14.0. The van der Waals surface area contributed by atoms with Gasteiger partial charge in [0.25, 0.3) is 0 Å². The van der Waals surface area contributed by atoms with Crippen LogP contribution < -0.4 is 15.8 Å². The van der Waals surface area contributed by atoms with Crippen LogP contribution in [0.2, 0.25) is 0 Å². The summed E-state index contributed by atoms with van der Waals surface area (Å²) in [5, 5.41) is 2.82. The highest BCUT2D eigenvalue weighted by Gasteiger charge is 2.28. The Balaban J connectivity index is 1.30. The highest BCUT2D eigenvalue weighted by molar-refractivity contribution is 5.88. The lowest BCUT2D eigenvalue weighted by atomic mass is 10.0. The van der Waals surface area contributed by atoms with E-state index in [4.69, 9.17) is 10.5 Å². The lowest BCUT2D eigenvalue weighted by molar-refractivity contribution is 0.0775. The summed E-state index contributed by atoms with van der Waals surface area (Å²) in [6.45, 7) is 5.41. The second-order valence-electron chi connectivity index (χ2n) is 8.16. The fourth-order valence-corrected chi connectivity index (χ4v) is 4.11. The van der Waals surface area contributed by atoms with Crippen LogP contribution in [0.25, 0.3) is 0 Å². The average molecular weight is 429 g/mol. The molecule has 4 rings (SSSR count). The lowest BCUT2D eigenvalue weighted by Crippen LogP contribution is -2.54. The third-order valence-corrected chi connectivity index (χ3v) is 5.96. The molecule has 1 aromatic carbocycles. The molecule has 8 nitrogen and oxygen atoms in total. The van der Waals surface area contributed by atoms with Crippen molar-refractivity contribution < 1.29 is 13.9 Å². The van der Waals surface area contributed by atoms with Crippen LogP contribution in [0.4, 0.5) is 20.7 Å². The Hall–Kier alpha value is -2.91. The summed E-state index contributed by atoms with van der Waals surface area (Å²) >= 11 is 0. The summed E-state index contributed by atoms with van der Waals surface area (Å²) in [5.41, 5.74) is 5.89. The summed E-state index contributed by atoms with van der Waals surface area (Å²) in [7, 11) is 2.17. The number of nitrogens with two attached hydrogens (primary N) is 1. The van der Waals surface area contributed by atoms with Crippen molar-refractivity contribution in [3.8, 4) is 11.5 Å². The summed E-state index contributed by atoms with van der Waals surface area (Å²) in [6, 6.07) is 7.83. The number of nitrogens with zero attached hydrogens (tertiary/aromatic N) is 4. The second kappa shape index (κ2) is 9.49. The number of anilines is 2. The van der Waals surface area contributed by atoms with E-state index in [-0.39, 0.29) is 11.8 Å². The number of carbonyl (C=O) groups is 1. The zero-order valence-corrected chi connectivity index (χ0v) is 17.8. The molecule has 166 valence electrons. The third kappa shape index (κ3) is 5.42. The topological polar surface area (TPSA) is 87.0 Å². The van der Waals surface area contributed by atoms with E-state index < -0.39 is 5.82 Å². The number of amides is 2. The van der Waals surface area contributed by atoms with Gasteiger partial charge in [0.1, 0.15) is 11.6 Å². The molecular weight excluding hydrogens is 399 g/mol. The molecule has 2 saturated heterocycles. The molecule has 0 saturated carbocycles. The molecule has 0 bridgehead atoms. The van der Waals surface area contributed by atoms with E-state index in [1.54, 1.807) is 23.1 Å². The first-order valence-corrected chi connectivity index (χ1v) is 10.7. The highest BCUT2D eigenvalue weighted by Crippen LogP contribution is 2.27. The number of likely N-dealkylation sites (tertiary alicyclic amines) is 1. The number of hydrogen-bond donors (Lipinski definition) is 2. The quantitative estimate of drug-likeness (QED) is 0.729. The van der Waals surface area contributed by atoms with Crippen molar-refractivity contribution >= 4 is 17.5 Å². The molecular formula is C22H29FN6O2. The van der Waals surface area contributed by atoms with Gasteiger partial charge in [-0.2, -0.15) is 0 Å². The van der Waals surface area contributed by atoms with E-state index in [9.17, 15) is 9.18 Å². The predicted octanol–water partition coefficient (Wildman–Crippen LogP) is 2.84. The Morgan fingerprint density at radius 3 is 2.58 bits per heavy atom. The minimum Gasteiger partial charge on any atom is -0.454 e. The van der Waals surface area contributed by atoms with Crippen LogP contribution in [-0.2, 0) is 0 Å².